The molecular formula is C14H16N4O. The topological polar surface area (TPSA) is 86.5 Å². The number of benzene rings is 1. The van der Waals surface area contributed by atoms with E-state index in [1.54, 1.807) is 18.3 Å². The number of aliphatic imine (C=N–C) groups is 1. The van der Waals surface area contributed by atoms with Crippen LogP contribution >= 0.6 is 0 Å². The molecule has 0 saturated carbocycles. The van der Waals surface area contributed by atoms with Crippen molar-refractivity contribution in [1.82, 2.24) is 4.98 Å². The van der Waals surface area contributed by atoms with Crippen molar-refractivity contribution in [3.63, 3.8) is 0 Å². The largest absolute Gasteiger partial charge is 0.437 e. The monoisotopic (exact) mass is 256 g/mol. The summed E-state index contributed by atoms with van der Waals surface area (Å²) >= 11 is 0. The van der Waals surface area contributed by atoms with E-state index in [1.165, 1.54) is 0 Å². The van der Waals surface area contributed by atoms with Gasteiger partial charge in [-0.1, -0.05) is 12.1 Å². The molecule has 0 fully saturated rings. The van der Waals surface area contributed by atoms with E-state index < -0.39 is 0 Å². The first kappa shape index (κ1) is 12.9. The number of pyridine rings is 1. The molecule has 0 aliphatic carbocycles. The second-order valence-corrected chi connectivity index (χ2v) is 4.16. The molecule has 98 valence electrons. The summed E-state index contributed by atoms with van der Waals surface area (Å²) in [7, 11) is 0. The summed E-state index contributed by atoms with van der Waals surface area (Å²) in [5.41, 5.74) is 13.5. The number of nitrogens with zero attached hydrogens (tertiary/aromatic N) is 2. The van der Waals surface area contributed by atoms with E-state index in [2.05, 4.69) is 9.98 Å². The Hall–Kier alpha value is -2.56. The summed E-state index contributed by atoms with van der Waals surface area (Å²) in [4.78, 5) is 8.15. The number of rotatable bonds is 3. The number of ether oxygens (including phenoxy) is 1. The summed E-state index contributed by atoms with van der Waals surface area (Å²) in [6.07, 6.45) is 1.63. The maximum Gasteiger partial charge on any atom is 0.245 e. The molecule has 1 aromatic carbocycles. The van der Waals surface area contributed by atoms with Gasteiger partial charge in [0.25, 0.3) is 0 Å². The second kappa shape index (κ2) is 5.39. The molecule has 0 amide bonds. The number of hydrogen-bond donors (Lipinski definition) is 2. The quantitative estimate of drug-likeness (QED) is 0.652. The van der Waals surface area contributed by atoms with Gasteiger partial charge in [-0.25, -0.2) is 9.98 Å². The van der Waals surface area contributed by atoms with E-state index in [0.29, 0.717) is 11.6 Å². The first-order valence-electron chi connectivity index (χ1n) is 5.86. The van der Waals surface area contributed by atoms with Gasteiger partial charge in [0, 0.05) is 6.20 Å². The second-order valence-electron chi connectivity index (χ2n) is 4.16. The lowest BCUT2D eigenvalue weighted by atomic mass is 10.1. The number of hydrogen-bond acceptors (Lipinski definition) is 3. The lowest BCUT2D eigenvalue weighted by molar-refractivity contribution is 0.460. The average molecular weight is 256 g/mol. The Morgan fingerprint density at radius 2 is 1.95 bits per heavy atom. The van der Waals surface area contributed by atoms with Crippen LogP contribution in [0.1, 0.15) is 11.1 Å². The molecule has 4 N–H and O–H groups in total. The molecular weight excluding hydrogens is 240 g/mol. The van der Waals surface area contributed by atoms with Gasteiger partial charge in [0.15, 0.2) is 5.96 Å². The molecule has 5 heteroatoms. The first-order chi connectivity index (χ1) is 9.08. The van der Waals surface area contributed by atoms with Crippen molar-refractivity contribution < 1.29 is 4.74 Å². The van der Waals surface area contributed by atoms with Crippen molar-refractivity contribution in [2.75, 3.05) is 0 Å². The normalized spacial score (nSPS) is 10.0. The summed E-state index contributed by atoms with van der Waals surface area (Å²) in [5.74, 6) is 1.09. The number of guanidine groups is 1. The minimum Gasteiger partial charge on any atom is -0.437 e. The van der Waals surface area contributed by atoms with E-state index >= 15 is 0 Å². The molecule has 0 spiro atoms. The number of aryl methyl sites for hydroxylation is 1. The van der Waals surface area contributed by atoms with E-state index in [9.17, 15) is 0 Å². The molecule has 0 bridgehead atoms. The highest BCUT2D eigenvalue weighted by atomic mass is 16.5. The fourth-order valence-electron chi connectivity index (χ4n) is 1.62. The molecule has 2 rings (SSSR count). The molecule has 5 nitrogen and oxygen atoms in total. The lowest BCUT2D eigenvalue weighted by Gasteiger charge is -2.11. The Labute approximate surface area is 111 Å². The molecule has 0 unspecified atom stereocenters. The summed E-state index contributed by atoms with van der Waals surface area (Å²) in [5, 5.41) is 0. The third-order valence-corrected chi connectivity index (χ3v) is 2.76. The Bertz CT molecular complexity index is 619. The fourth-order valence-corrected chi connectivity index (χ4v) is 1.62. The summed E-state index contributed by atoms with van der Waals surface area (Å²) in [6, 6.07) is 9.33. The molecule has 0 aliphatic heterocycles. The fraction of sp³-hybridized carbons (Fsp3) is 0.143. The van der Waals surface area contributed by atoms with Gasteiger partial charge in [-0.05, 0) is 43.2 Å². The van der Waals surface area contributed by atoms with E-state index in [1.807, 2.05) is 32.0 Å². The maximum absolute atomic E-state index is 5.79. The van der Waals surface area contributed by atoms with Crippen LogP contribution in [0.5, 0.6) is 11.6 Å². The zero-order valence-electron chi connectivity index (χ0n) is 10.9. The standard InChI is InChI=1S/C14H16N4O/c1-9-5-3-7-12(10(9)2)19-13-11(18-14(15)16)6-4-8-17-13/h3-8H,1-2H3,(H4,15,16,18). The van der Waals surface area contributed by atoms with Gasteiger partial charge < -0.3 is 16.2 Å². The Morgan fingerprint density at radius 3 is 2.68 bits per heavy atom. The molecule has 0 saturated heterocycles. The minimum absolute atomic E-state index is 0.0289. The molecule has 0 aliphatic rings. The van der Waals surface area contributed by atoms with E-state index in [-0.39, 0.29) is 5.96 Å². The zero-order chi connectivity index (χ0) is 13.8. The van der Waals surface area contributed by atoms with E-state index in [0.717, 1.165) is 16.9 Å². The van der Waals surface area contributed by atoms with Crippen molar-refractivity contribution in [2.45, 2.75) is 13.8 Å². The molecule has 1 aromatic heterocycles. The molecule has 19 heavy (non-hydrogen) atoms. The van der Waals surface area contributed by atoms with Gasteiger partial charge in [0.2, 0.25) is 5.88 Å². The van der Waals surface area contributed by atoms with Gasteiger partial charge in [-0.15, -0.1) is 0 Å². The third-order valence-electron chi connectivity index (χ3n) is 2.76. The molecule has 0 atom stereocenters. The van der Waals surface area contributed by atoms with Gasteiger partial charge in [-0.3, -0.25) is 0 Å². The SMILES string of the molecule is Cc1cccc(Oc2ncccc2N=C(N)N)c1C. The van der Waals surface area contributed by atoms with E-state index in [4.69, 9.17) is 16.2 Å². The van der Waals surface area contributed by atoms with Crippen molar-refractivity contribution in [3.8, 4) is 11.6 Å². The van der Waals surface area contributed by atoms with Crippen molar-refractivity contribution in [1.29, 1.82) is 0 Å². The van der Waals surface area contributed by atoms with Gasteiger partial charge >= 0.3 is 0 Å². The molecule has 2 aromatic rings. The lowest BCUT2D eigenvalue weighted by Crippen LogP contribution is -2.22. The van der Waals surface area contributed by atoms with Crippen molar-refractivity contribution >= 4 is 11.6 Å². The average Bonchev–Trinajstić information content (AvgIpc) is 2.36. The highest BCUT2D eigenvalue weighted by Gasteiger charge is 2.08. The van der Waals surface area contributed by atoms with Crippen LogP contribution < -0.4 is 16.2 Å². The number of aromatic nitrogens is 1. The predicted molar refractivity (Wildman–Crippen MR) is 75.7 cm³/mol. The Morgan fingerprint density at radius 1 is 1.16 bits per heavy atom. The molecule has 0 radical (unpaired) electrons. The Kier molecular flexibility index (Phi) is 3.66. The van der Waals surface area contributed by atoms with Crippen LogP contribution in [0.2, 0.25) is 0 Å². The van der Waals surface area contributed by atoms with Crippen molar-refractivity contribution in [2.24, 2.45) is 16.5 Å². The van der Waals surface area contributed by atoms with Crippen LogP contribution in [0.4, 0.5) is 5.69 Å². The van der Waals surface area contributed by atoms with Crippen LogP contribution in [0.15, 0.2) is 41.5 Å². The minimum atomic E-state index is -0.0289. The predicted octanol–water partition coefficient (Wildman–Crippen LogP) is 2.40. The van der Waals surface area contributed by atoms with Crippen LogP contribution in [0.3, 0.4) is 0 Å². The van der Waals surface area contributed by atoms with Crippen molar-refractivity contribution in [3.05, 3.63) is 47.7 Å². The Balaban J connectivity index is 2.39. The third kappa shape index (κ3) is 3.01. The van der Waals surface area contributed by atoms with Gasteiger partial charge in [-0.2, -0.15) is 0 Å². The summed E-state index contributed by atoms with van der Waals surface area (Å²) < 4.78 is 5.79. The van der Waals surface area contributed by atoms with Crippen LogP contribution in [0, 0.1) is 13.8 Å². The van der Waals surface area contributed by atoms with Crippen LogP contribution in [-0.2, 0) is 0 Å². The zero-order valence-corrected chi connectivity index (χ0v) is 10.9. The first-order valence-corrected chi connectivity index (χ1v) is 5.86. The van der Waals surface area contributed by atoms with Gasteiger partial charge in [0.1, 0.15) is 11.4 Å². The highest BCUT2D eigenvalue weighted by molar-refractivity contribution is 5.79. The van der Waals surface area contributed by atoms with Crippen LogP contribution in [-0.4, -0.2) is 10.9 Å². The van der Waals surface area contributed by atoms with Crippen LogP contribution in [0.25, 0.3) is 0 Å². The highest BCUT2D eigenvalue weighted by Crippen LogP contribution is 2.31. The smallest absolute Gasteiger partial charge is 0.245 e. The molecule has 1 heterocycles. The maximum atomic E-state index is 5.79. The summed E-state index contributed by atoms with van der Waals surface area (Å²) in [6.45, 7) is 4.02. The van der Waals surface area contributed by atoms with Gasteiger partial charge in [0.05, 0.1) is 0 Å². The number of nitrogens with two attached hydrogens (primary N) is 2.